The van der Waals surface area contributed by atoms with E-state index in [-0.39, 0.29) is 29.9 Å². The molecule has 0 N–H and O–H groups in total. The first-order chi connectivity index (χ1) is 16.4. The third-order valence-corrected chi connectivity index (χ3v) is 8.19. The van der Waals surface area contributed by atoms with Crippen molar-refractivity contribution in [2.24, 2.45) is 0 Å². The molecule has 2 aliphatic rings. The molecular formula is C24H26N4O5S. The Bertz CT molecular complexity index is 1320. The van der Waals surface area contributed by atoms with Gasteiger partial charge in [-0.2, -0.15) is 9.29 Å². The second-order valence-electron chi connectivity index (χ2n) is 8.58. The van der Waals surface area contributed by atoms with Crippen LogP contribution in [-0.2, 0) is 14.8 Å². The number of piperidine rings is 1. The van der Waals surface area contributed by atoms with Crippen molar-refractivity contribution in [2.75, 3.05) is 31.1 Å². The van der Waals surface area contributed by atoms with Gasteiger partial charge in [-0.3, -0.25) is 4.79 Å². The maximum Gasteiger partial charge on any atom is 0.265 e. The molecular weight excluding hydrogens is 456 g/mol. The number of likely N-dealkylation sites (N-methyl/N-ethyl adjacent to an activating group) is 1. The largest absolute Gasteiger partial charge is 0.482 e. The number of hydrogen-bond acceptors (Lipinski definition) is 7. The van der Waals surface area contributed by atoms with Crippen molar-refractivity contribution >= 4 is 21.6 Å². The summed E-state index contributed by atoms with van der Waals surface area (Å²) in [5.41, 5.74) is 2.38. The van der Waals surface area contributed by atoms with Crippen molar-refractivity contribution in [1.82, 2.24) is 14.4 Å². The van der Waals surface area contributed by atoms with Gasteiger partial charge in [-0.1, -0.05) is 22.9 Å². The Morgan fingerprint density at radius 3 is 2.71 bits per heavy atom. The van der Waals surface area contributed by atoms with Crippen LogP contribution < -0.4 is 9.64 Å². The Morgan fingerprint density at radius 2 is 1.94 bits per heavy atom. The van der Waals surface area contributed by atoms with Gasteiger partial charge < -0.3 is 14.2 Å². The lowest BCUT2D eigenvalue weighted by molar-refractivity contribution is -0.121. The number of aromatic nitrogens is 2. The molecule has 1 saturated heterocycles. The quantitative estimate of drug-likeness (QED) is 0.549. The molecule has 10 heteroatoms. The molecule has 1 fully saturated rings. The first-order valence-corrected chi connectivity index (χ1v) is 12.8. The van der Waals surface area contributed by atoms with E-state index in [0.29, 0.717) is 48.2 Å². The average molecular weight is 483 g/mol. The monoisotopic (exact) mass is 482 g/mol. The molecule has 34 heavy (non-hydrogen) atoms. The van der Waals surface area contributed by atoms with Gasteiger partial charge in [0.2, 0.25) is 21.7 Å². The van der Waals surface area contributed by atoms with Gasteiger partial charge in [0.1, 0.15) is 5.75 Å². The maximum absolute atomic E-state index is 13.1. The molecule has 0 aliphatic carbocycles. The number of amides is 1. The molecule has 2 aromatic carbocycles. The highest BCUT2D eigenvalue weighted by molar-refractivity contribution is 7.89. The van der Waals surface area contributed by atoms with Crippen LogP contribution in [0.3, 0.4) is 0 Å². The SMILES string of the molecule is CCN1C(=O)COc2ccc(-c3noc(C4CCCN(S(=O)(=O)c5ccc(C)cc5)C4)n3)cc21. The molecule has 0 saturated carbocycles. The molecule has 9 nitrogen and oxygen atoms in total. The summed E-state index contributed by atoms with van der Waals surface area (Å²) in [7, 11) is -3.60. The van der Waals surface area contributed by atoms with Crippen LogP contribution in [-0.4, -0.2) is 55.0 Å². The fraction of sp³-hybridized carbons (Fsp3) is 0.375. The number of aryl methyl sites for hydroxylation is 1. The lowest BCUT2D eigenvalue weighted by atomic mass is 10.00. The molecule has 3 aromatic rings. The molecule has 178 valence electrons. The van der Waals surface area contributed by atoms with Crippen molar-refractivity contribution in [3.05, 3.63) is 53.9 Å². The van der Waals surface area contributed by atoms with Gasteiger partial charge in [0.05, 0.1) is 16.5 Å². The van der Waals surface area contributed by atoms with Gasteiger partial charge in [0.15, 0.2) is 6.61 Å². The second kappa shape index (κ2) is 8.84. The molecule has 1 atom stereocenters. The maximum atomic E-state index is 13.1. The van der Waals surface area contributed by atoms with E-state index < -0.39 is 10.0 Å². The van der Waals surface area contributed by atoms with Crippen LogP contribution in [0.15, 0.2) is 51.9 Å². The van der Waals surface area contributed by atoms with Crippen molar-refractivity contribution in [1.29, 1.82) is 0 Å². The Labute approximate surface area is 198 Å². The van der Waals surface area contributed by atoms with E-state index in [9.17, 15) is 13.2 Å². The number of ether oxygens (including phenoxy) is 1. The smallest absolute Gasteiger partial charge is 0.265 e. The summed E-state index contributed by atoms with van der Waals surface area (Å²) >= 11 is 0. The summed E-state index contributed by atoms with van der Waals surface area (Å²) in [6.45, 7) is 5.13. The number of benzene rings is 2. The zero-order valence-corrected chi connectivity index (χ0v) is 19.9. The summed E-state index contributed by atoms with van der Waals surface area (Å²) in [6.07, 6.45) is 1.47. The van der Waals surface area contributed by atoms with Crippen LogP contribution in [0.25, 0.3) is 11.4 Å². The van der Waals surface area contributed by atoms with E-state index in [4.69, 9.17) is 9.26 Å². The van der Waals surface area contributed by atoms with Crippen LogP contribution in [0, 0.1) is 6.92 Å². The summed E-state index contributed by atoms with van der Waals surface area (Å²) in [4.78, 5) is 18.7. The zero-order chi connectivity index (χ0) is 23.9. The van der Waals surface area contributed by atoms with Gasteiger partial charge in [-0.15, -0.1) is 0 Å². The molecule has 0 spiro atoms. The molecule has 1 aromatic heterocycles. The van der Waals surface area contributed by atoms with Gasteiger partial charge in [-0.05, 0) is 57.0 Å². The molecule has 0 radical (unpaired) electrons. The fourth-order valence-electron chi connectivity index (χ4n) is 4.43. The standard InChI is InChI=1S/C24H26N4O5S/c1-3-28-20-13-17(8-11-21(20)32-15-22(28)29)23-25-24(33-26-23)18-5-4-12-27(14-18)34(30,31)19-9-6-16(2)7-10-19/h6-11,13,18H,3-5,12,14-15H2,1-2H3. The van der Waals surface area contributed by atoms with E-state index in [1.807, 2.05) is 26.0 Å². The molecule has 1 unspecified atom stereocenters. The molecule has 5 rings (SSSR count). The summed E-state index contributed by atoms with van der Waals surface area (Å²) in [5, 5.41) is 4.14. The molecule has 3 heterocycles. The zero-order valence-electron chi connectivity index (χ0n) is 19.1. The number of hydrogen-bond donors (Lipinski definition) is 0. The van der Waals surface area contributed by atoms with Crippen LogP contribution in [0.4, 0.5) is 5.69 Å². The molecule has 0 bridgehead atoms. The third-order valence-electron chi connectivity index (χ3n) is 6.31. The Balaban J connectivity index is 1.37. The minimum absolute atomic E-state index is 0.0240. The Hall–Kier alpha value is -3.24. The Kier molecular flexibility index (Phi) is 5.86. The number of fused-ring (bicyclic) bond motifs is 1. The minimum Gasteiger partial charge on any atom is -0.482 e. The number of anilines is 1. The summed E-state index contributed by atoms with van der Waals surface area (Å²) < 4.78 is 38.9. The van der Waals surface area contributed by atoms with E-state index >= 15 is 0 Å². The highest BCUT2D eigenvalue weighted by atomic mass is 32.2. The van der Waals surface area contributed by atoms with Crippen LogP contribution in [0.1, 0.15) is 37.1 Å². The number of nitrogens with zero attached hydrogens (tertiary/aromatic N) is 4. The van der Waals surface area contributed by atoms with E-state index in [2.05, 4.69) is 10.1 Å². The lowest BCUT2D eigenvalue weighted by Gasteiger charge is -2.30. The van der Waals surface area contributed by atoms with Gasteiger partial charge in [0, 0.05) is 25.2 Å². The van der Waals surface area contributed by atoms with Crippen LogP contribution in [0.5, 0.6) is 5.75 Å². The topological polar surface area (TPSA) is 106 Å². The third kappa shape index (κ3) is 4.07. The van der Waals surface area contributed by atoms with E-state index in [1.165, 1.54) is 4.31 Å². The average Bonchev–Trinajstić information content (AvgIpc) is 3.34. The highest BCUT2D eigenvalue weighted by Gasteiger charge is 2.33. The van der Waals surface area contributed by atoms with Crippen LogP contribution >= 0.6 is 0 Å². The predicted molar refractivity (Wildman–Crippen MR) is 125 cm³/mol. The first kappa shape index (κ1) is 22.5. The van der Waals surface area contributed by atoms with Gasteiger partial charge >= 0.3 is 0 Å². The minimum atomic E-state index is -3.60. The number of carbonyl (C=O) groups is 1. The van der Waals surface area contributed by atoms with E-state index in [1.54, 1.807) is 35.2 Å². The summed E-state index contributed by atoms with van der Waals surface area (Å²) in [5.74, 6) is 1.16. The van der Waals surface area contributed by atoms with Crippen molar-refractivity contribution < 1.29 is 22.5 Å². The number of sulfonamides is 1. The van der Waals surface area contributed by atoms with Crippen molar-refractivity contribution in [3.8, 4) is 17.1 Å². The molecule has 1 amide bonds. The van der Waals surface area contributed by atoms with E-state index in [0.717, 1.165) is 12.0 Å². The second-order valence-corrected chi connectivity index (χ2v) is 10.5. The summed E-state index contributed by atoms with van der Waals surface area (Å²) in [6, 6.07) is 12.3. The van der Waals surface area contributed by atoms with Gasteiger partial charge in [0.25, 0.3) is 5.91 Å². The van der Waals surface area contributed by atoms with Crippen molar-refractivity contribution in [3.63, 3.8) is 0 Å². The van der Waals surface area contributed by atoms with Crippen LogP contribution in [0.2, 0.25) is 0 Å². The first-order valence-electron chi connectivity index (χ1n) is 11.3. The van der Waals surface area contributed by atoms with Gasteiger partial charge in [-0.25, -0.2) is 8.42 Å². The number of rotatable bonds is 5. The lowest BCUT2D eigenvalue weighted by Crippen LogP contribution is -2.39. The number of carbonyl (C=O) groups excluding carboxylic acids is 1. The highest BCUT2D eigenvalue weighted by Crippen LogP contribution is 2.36. The predicted octanol–water partition coefficient (Wildman–Crippen LogP) is 3.36. The van der Waals surface area contributed by atoms with Crippen molar-refractivity contribution in [2.45, 2.75) is 37.5 Å². The fourth-order valence-corrected chi connectivity index (χ4v) is 5.95. The molecule has 2 aliphatic heterocycles. The normalized spacial score (nSPS) is 19.1. The Morgan fingerprint density at radius 1 is 1.15 bits per heavy atom.